The molecule has 0 bridgehead atoms. The van der Waals surface area contributed by atoms with Crippen molar-refractivity contribution in [3.8, 4) is 0 Å². The monoisotopic (exact) mass is 375 g/mol. The molecule has 22 heavy (non-hydrogen) atoms. The third-order valence-corrected chi connectivity index (χ3v) is 3.78. The van der Waals surface area contributed by atoms with Gasteiger partial charge in [-0.1, -0.05) is 65.0 Å². The largest absolute Gasteiger partial charge is 0.361 e. The molecule has 0 spiro atoms. The summed E-state index contributed by atoms with van der Waals surface area (Å²) in [7, 11) is 0. The minimum Gasteiger partial charge on any atom is -0.361 e. The standard InChI is InChI=1S/C17H18BrN3S/c1-13(15-8-5-9-16(18)12-15)20-21-17(22)19-11-10-14-6-3-2-4-7-14/h2-9,12,20H,1,10-11H2,(H2,19,21,22). The summed E-state index contributed by atoms with van der Waals surface area (Å²) >= 11 is 8.67. The van der Waals surface area contributed by atoms with E-state index in [-0.39, 0.29) is 0 Å². The van der Waals surface area contributed by atoms with Crippen molar-refractivity contribution in [2.24, 2.45) is 0 Å². The fraction of sp³-hybridized carbons (Fsp3) is 0.118. The Balaban J connectivity index is 1.70. The molecule has 2 aromatic rings. The Morgan fingerprint density at radius 1 is 1.05 bits per heavy atom. The number of halogens is 1. The van der Waals surface area contributed by atoms with E-state index in [0.29, 0.717) is 5.11 Å². The quantitative estimate of drug-likeness (QED) is 0.532. The van der Waals surface area contributed by atoms with Crippen molar-refractivity contribution in [3.05, 3.63) is 76.8 Å². The molecular weight excluding hydrogens is 358 g/mol. The minimum atomic E-state index is 0.548. The Morgan fingerprint density at radius 3 is 2.55 bits per heavy atom. The molecule has 0 saturated heterocycles. The highest BCUT2D eigenvalue weighted by Crippen LogP contribution is 2.15. The van der Waals surface area contributed by atoms with Crippen molar-refractivity contribution >= 4 is 39.0 Å². The first-order chi connectivity index (χ1) is 10.6. The summed E-state index contributed by atoms with van der Waals surface area (Å²) in [5, 5.41) is 3.71. The Labute approximate surface area is 144 Å². The Hall–Kier alpha value is -1.85. The molecule has 2 rings (SSSR count). The van der Waals surface area contributed by atoms with Crippen LogP contribution in [0.5, 0.6) is 0 Å². The second-order valence-electron chi connectivity index (χ2n) is 4.73. The molecule has 0 saturated carbocycles. The van der Waals surface area contributed by atoms with Gasteiger partial charge in [-0.05, 0) is 41.9 Å². The third-order valence-electron chi connectivity index (χ3n) is 3.04. The molecule has 5 heteroatoms. The van der Waals surface area contributed by atoms with Gasteiger partial charge in [0.1, 0.15) is 0 Å². The van der Waals surface area contributed by atoms with Gasteiger partial charge in [-0.25, -0.2) is 0 Å². The smallest absolute Gasteiger partial charge is 0.185 e. The number of hydrazine groups is 1. The molecule has 3 nitrogen and oxygen atoms in total. The molecule has 0 radical (unpaired) electrons. The lowest BCUT2D eigenvalue weighted by Gasteiger charge is -2.14. The number of thiocarbonyl (C=S) groups is 1. The van der Waals surface area contributed by atoms with E-state index in [1.807, 2.05) is 42.5 Å². The van der Waals surface area contributed by atoms with E-state index < -0.39 is 0 Å². The molecule has 3 N–H and O–H groups in total. The van der Waals surface area contributed by atoms with Crippen LogP contribution in [0.1, 0.15) is 11.1 Å². The zero-order valence-corrected chi connectivity index (χ0v) is 14.5. The SMILES string of the molecule is C=C(NNC(=S)NCCc1ccccc1)c1cccc(Br)c1. The molecule has 0 atom stereocenters. The maximum atomic E-state index is 5.23. The summed E-state index contributed by atoms with van der Waals surface area (Å²) < 4.78 is 1.01. The van der Waals surface area contributed by atoms with E-state index in [4.69, 9.17) is 12.2 Å². The predicted molar refractivity (Wildman–Crippen MR) is 100 cm³/mol. The average molecular weight is 376 g/mol. The van der Waals surface area contributed by atoms with Gasteiger partial charge < -0.3 is 5.32 Å². The fourth-order valence-electron chi connectivity index (χ4n) is 1.89. The van der Waals surface area contributed by atoms with E-state index in [1.54, 1.807) is 0 Å². The van der Waals surface area contributed by atoms with E-state index in [1.165, 1.54) is 5.56 Å². The maximum Gasteiger partial charge on any atom is 0.185 e. The number of rotatable bonds is 6. The average Bonchev–Trinajstić information content (AvgIpc) is 2.53. The molecule has 114 valence electrons. The molecule has 0 aromatic heterocycles. The molecule has 0 heterocycles. The lowest BCUT2D eigenvalue weighted by Crippen LogP contribution is -2.43. The van der Waals surface area contributed by atoms with Gasteiger partial charge in [0.2, 0.25) is 0 Å². The summed E-state index contributed by atoms with van der Waals surface area (Å²) in [4.78, 5) is 0. The molecule has 0 aliphatic carbocycles. The molecule has 0 aliphatic rings. The van der Waals surface area contributed by atoms with Crippen LogP contribution in [0.15, 0.2) is 65.6 Å². The number of hydrogen-bond acceptors (Lipinski definition) is 2. The van der Waals surface area contributed by atoms with Crippen LogP contribution in [0.25, 0.3) is 5.70 Å². The van der Waals surface area contributed by atoms with Gasteiger partial charge in [0, 0.05) is 11.0 Å². The molecule has 0 aliphatic heterocycles. The van der Waals surface area contributed by atoms with Crippen LogP contribution >= 0.6 is 28.1 Å². The summed E-state index contributed by atoms with van der Waals surface area (Å²) in [6.07, 6.45) is 0.926. The van der Waals surface area contributed by atoms with Crippen LogP contribution in [0, 0.1) is 0 Å². The van der Waals surface area contributed by atoms with Gasteiger partial charge >= 0.3 is 0 Å². The summed E-state index contributed by atoms with van der Waals surface area (Å²) in [5.41, 5.74) is 8.98. The van der Waals surface area contributed by atoms with Crippen LogP contribution in [0.3, 0.4) is 0 Å². The zero-order valence-electron chi connectivity index (χ0n) is 12.1. The van der Waals surface area contributed by atoms with Crippen molar-refractivity contribution in [2.45, 2.75) is 6.42 Å². The van der Waals surface area contributed by atoms with Gasteiger partial charge in [-0.2, -0.15) is 0 Å². The van der Waals surface area contributed by atoms with E-state index in [9.17, 15) is 0 Å². The fourth-order valence-corrected chi connectivity index (χ4v) is 2.44. The molecule has 0 fully saturated rings. The normalized spacial score (nSPS) is 9.86. The van der Waals surface area contributed by atoms with E-state index in [2.05, 4.69) is 50.8 Å². The first-order valence-corrected chi connectivity index (χ1v) is 8.14. The maximum absolute atomic E-state index is 5.23. The Bertz CT molecular complexity index is 643. The van der Waals surface area contributed by atoms with Crippen LogP contribution in [-0.2, 0) is 6.42 Å². The van der Waals surface area contributed by atoms with Gasteiger partial charge in [0.25, 0.3) is 0 Å². The van der Waals surface area contributed by atoms with Crippen molar-refractivity contribution in [2.75, 3.05) is 6.54 Å². The summed E-state index contributed by atoms with van der Waals surface area (Å²) in [5.74, 6) is 0. The molecule has 0 unspecified atom stereocenters. The Morgan fingerprint density at radius 2 is 1.82 bits per heavy atom. The highest BCUT2D eigenvalue weighted by atomic mass is 79.9. The lowest BCUT2D eigenvalue weighted by molar-refractivity contribution is 0.780. The number of nitrogens with one attached hydrogen (secondary N) is 3. The lowest BCUT2D eigenvalue weighted by atomic mass is 10.1. The first kappa shape index (κ1) is 16.5. The number of benzene rings is 2. The van der Waals surface area contributed by atoms with Crippen molar-refractivity contribution in [3.63, 3.8) is 0 Å². The van der Waals surface area contributed by atoms with E-state index in [0.717, 1.165) is 28.7 Å². The Kier molecular flexibility index (Phi) is 6.43. The number of hydrogen-bond donors (Lipinski definition) is 3. The molecule has 0 amide bonds. The minimum absolute atomic E-state index is 0.548. The van der Waals surface area contributed by atoms with Gasteiger partial charge in [0.15, 0.2) is 5.11 Å². The highest BCUT2D eigenvalue weighted by molar-refractivity contribution is 9.10. The second-order valence-corrected chi connectivity index (χ2v) is 6.05. The van der Waals surface area contributed by atoms with Gasteiger partial charge in [0.05, 0.1) is 5.70 Å². The van der Waals surface area contributed by atoms with Gasteiger partial charge in [-0.15, -0.1) is 0 Å². The summed E-state index contributed by atoms with van der Waals surface area (Å²) in [6.45, 7) is 4.76. The van der Waals surface area contributed by atoms with Crippen LogP contribution in [-0.4, -0.2) is 11.7 Å². The van der Waals surface area contributed by atoms with Crippen molar-refractivity contribution < 1.29 is 0 Å². The van der Waals surface area contributed by atoms with Crippen LogP contribution in [0.4, 0.5) is 0 Å². The second kappa shape index (κ2) is 8.56. The highest BCUT2D eigenvalue weighted by Gasteiger charge is 2.00. The zero-order chi connectivity index (χ0) is 15.8. The topological polar surface area (TPSA) is 36.1 Å². The molecule has 2 aromatic carbocycles. The van der Waals surface area contributed by atoms with E-state index >= 15 is 0 Å². The van der Waals surface area contributed by atoms with Gasteiger partial charge in [-0.3, -0.25) is 10.9 Å². The van der Waals surface area contributed by atoms with Crippen LogP contribution in [0.2, 0.25) is 0 Å². The predicted octanol–water partition coefficient (Wildman–Crippen LogP) is 3.63. The molecular formula is C17H18BrN3S. The van der Waals surface area contributed by atoms with Crippen molar-refractivity contribution in [1.82, 2.24) is 16.2 Å². The summed E-state index contributed by atoms with van der Waals surface area (Å²) in [6, 6.07) is 18.2. The third kappa shape index (κ3) is 5.50. The van der Waals surface area contributed by atoms with Crippen molar-refractivity contribution in [1.29, 1.82) is 0 Å². The van der Waals surface area contributed by atoms with Crippen LogP contribution < -0.4 is 16.2 Å². The first-order valence-electron chi connectivity index (χ1n) is 6.94.